The standard InChI is InChI=1S/C19H19ClN4OS/c1-13(15-9-5-6-10-16(15)20)21-18(25)11-17-22-23-19(26)24(17)12-14-7-3-2-4-8-14/h2-10,13H,11-12H2,1H3,(H,21,25)(H,23,26)/t13-/m1/s1. The molecule has 0 aliphatic rings. The molecule has 0 radical (unpaired) electrons. The summed E-state index contributed by atoms with van der Waals surface area (Å²) in [5.74, 6) is 0.462. The number of nitrogens with one attached hydrogen (secondary N) is 2. The molecular weight excluding hydrogens is 368 g/mol. The van der Waals surface area contributed by atoms with Crippen molar-refractivity contribution in [2.45, 2.75) is 25.9 Å². The van der Waals surface area contributed by atoms with Gasteiger partial charge in [-0.1, -0.05) is 60.1 Å². The Labute approximate surface area is 162 Å². The molecule has 1 heterocycles. The fourth-order valence-corrected chi connectivity index (χ4v) is 3.27. The number of aromatic nitrogens is 3. The van der Waals surface area contributed by atoms with Gasteiger partial charge in [0.2, 0.25) is 5.91 Å². The second kappa shape index (κ2) is 8.29. The van der Waals surface area contributed by atoms with E-state index in [-0.39, 0.29) is 18.4 Å². The van der Waals surface area contributed by atoms with Gasteiger partial charge in [-0.05, 0) is 36.3 Å². The molecule has 0 fully saturated rings. The van der Waals surface area contributed by atoms with Crippen LogP contribution in [0.15, 0.2) is 54.6 Å². The van der Waals surface area contributed by atoms with Crippen molar-refractivity contribution in [1.82, 2.24) is 20.1 Å². The minimum atomic E-state index is -0.194. The van der Waals surface area contributed by atoms with Crippen molar-refractivity contribution in [3.63, 3.8) is 0 Å². The third kappa shape index (κ3) is 4.39. The summed E-state index contributed by atoms with van der Waals surface area (Å²) in [7, 11) is 0. The van der Waals surface area contributed by atoms with Crippen LogP contribution in [-0.2, 0) is 17.8 Å². The molecule has 1 amide bonds. The smallest absolute Gasteiger partial charge is 0.228 e. The lowest BCUT2D eigenvalue weighted by atomic mass is 10.1. The summed E-state index contributed by atoms with van der Waals surface area (Å²) in [6.07, 6.45) is 0.134. The molecule has 5 nitrogen and oxygen atoms in total. The lowest BCUT2D eigenvalue weighted by molar-refractivity contribution is -0.121. The molecule has 134 valence electrons. The molecule has 0 bridgehead atoms. The number of hydrogen-bond acceptors (Lipinski definition) is 3. The first-order valence-corrected chi connectivity index (χ1v) is 9.05. The van der Waals surface area contributed by atoms with Crippen LogP contribution in [0.5, 0.6) is 0 Å². The van der Waals surface area contributed by atoms with Crippen LogP contribution in [0, 0.1) is 4.77 Å². The Kier molecular flexibility index (Phi) is 5.85. The first-order chi connectivity index (χ1) is 12.5. The average Bonchev–Trinajstić information content (AvgIpc) is 2.96. The van der Waals surface area contributed by atoms with E-state index in [9.17, 15) is 4.79 Å². The van der Waals surface area contributed by atoms with Gasteiger partial charge in [0.1, 0.15) is 5.82 Å². The summed E-state index contributed by atoms with van der Waals surface area (Å²) < 4.78 is 2.33. The molecule has 0 saturated heterocycles. The zero-order valence-electron chi connectivity index (χ0n) is 14.3. The number of H-pyrrole nitrogens is 1. The highest BCUT2D eigenvalue weighted by Gasteiger charge is 2.16. The van der Waals surface area contributed by atoms with Crippen molar-refractivity contribution in [3.05, 3.63) is 81.3 Å². The molecule has 26 heavy (non-hydrogen) atoms. The highest BCUT2D eigenvalue weighted by atomic mass is 35.5. The lowest BCUT2D eigenvalue weighted by Gasteiger charge is -2.15. The van der Waals surface area contributed by atoms with Crippen molar-refractivity contribution in [2.24, 2.45) is 0 Å². The average molecular weight is 387 g/mol. The lowest BCUT2D eigenvalue weighted by Crippen LogP contribution is -2.29. The highest BCUT2D eigenvalue weighted by Crippen LogP contribution is 2.22. The van der Waals surface area contributed by atoms with E-state index in [1.54, 1.807) is 0 Å². The van der Waals surface area contributed by atoms with Gasteiger partial charge in [-0.25, -0.2) is 0 Å². The molecule has 3 rings (SSSR count). The van der Waals surface area contributed by atoms with Crippen molar-refractivity contribution in [1.29, 1.82) is 0 Å². The molecule has 0 saturated carbocycles. The van der Waals surface area contributed by atoms with Gasteiger partial charge in [-0.3, -0.25) is 14.5 Å². The number of carbonyl (C=O) groups excluding carboxylic acids is 1. The van der Waals surface area contributed by atoms with Crippen LogP contribution in [-0.4, -0.2) is 20.7 Å². The molecule has 2 N–H and O–H groups in total. The number of aromatic amines is 1. The molecular formula is C19H19ClN4OS. The summed E-state index contributed by atoms with van der Waals surface area (Å²) in [6, 6.07) is 17.2. The number of halogens is 1. The van der Waals surface area contributed by atoms with Crippen molar-refractivity contribution in [2.75, 3.05) is 0 Å². The van der Waals surface area contributed by atoms with Crippen LogP contribution in [0.25, 0.3) is 0 Å². The largest absolute Gasteiger partial charge is 0.349 e. The molecule has 0 spiro atoms. The number of nitrogens with zero attached hydrogens (tertiary/aromatic N) is 2. The molecule has 7 heteroatoms. The number of benzene rings is 2. The van der Waals surface area contributed by atoms with Crippen LogP contribution in [0.4, 0.5) is 0 Å². The van der Waals surface area contributed by atoms with Gasteiger partial charge in [0.25, 0.3) is 0 Å². The summed E-state index contributed by atoms with van der Waals surface area (Å²) in [5, 5.41) is 10.6. The molecule has 3 aromatic rings. The zero-order chi connectivity index (χ0) is 18.5. The Bertz CT molecular complexity index is 951. The van der Waals surface area contributed by atoms with Gasteiger partial charge in [-0.2, -0.15) is 5.10 Å². The van der Waals surface area contributed by atoms with Crippen LogP contribution < -0.4 is 5.32 Å². The van der Waals surface area contributed by atoms with Gasteiger partial charge in [-0.15, -0.1) is 0 Å². The number of hydrogen-bond donors (Lipinski definition) is 2. The maximum absolute atomic E-state index is 12.5. The van der Waals surface area contributed by atoms with Crippen LogP contribution in [0.1, 0.15) is 29.9 Å². The van der Waals surface area contributed by atoms with Gasteiger partial charge in [0.15, 0.2) is 4.77 Å². The van der Waals surface area contributed by atoms with Crippen molar-refractivity contribution in [3.8, 4) is 0 Å². The highest BCUT2D eigenvalue weighted by molar-refractivity contribution is 7.71. The molecule has 2 aromatic carbocycles. The summed E-state index contributed by atoms with van der Waals surface area (Å²) in [4.78, 5) is 12.5. The minimum Gasteiger partial charge on any atom is -0.349 e. The Hall–Kier alpha value is -2.44. The zero-order valence-corrected chi connectivity index (χ0v) is 15.8. The van der Waals surface area contributed by atoms with E-state index in [1.165, 1.54) is 0 Å². The topological polar surface area (TPSA) is 62.7 Å². The van der Waals surface area contributed by atoms with Crippen molar-refractivity contribution >= 4 is 29.7 Å². The normalized spacial score (nSPS) is 11.9. The Balaban J connectivity index is 1.70. The maximum atomic E-state index is 12.5. The summed E-state index contributed by atoms with van der Waals surface area (Å²) >= 11 is 11.5. The molecule has 1 atom stereocenters. The van der Waals surface area contributed by atoms with E-state index in [0.29, 0.717) is 22.2 Å². The molecule has 0 unspecified atom stereocenters. The predicted molar refractivity (Wildman–Crippen MR) is 105 cm³/mol. The van der Waals surface area contributed by atoms with Gasteiger partial charge >= 0.3 is 0 Å². The number of amides is 1. The van der Waals surface area contributed by atoms with E-state index < -0.39 is 0 Å². The Morgan fingerprint density at radius 2 is 1.92 bits per heavy atom. The molecule has 0 aliphatic carbocycles. The first-order valence-electron chi connectivity index (χ1n) is 8.26. The van der Waals surface area contributed by atoms with Crippen LogP contribution in [0.3, 0.4) is 0 Å². The number of carbonyl (C=O) groups is 1. The Morgan fingerprint density at radius 3 is 2.65 bits per heavy atom. The monoisotopic (exact) mass is 386 g/mol. The minimum absolute atomic E-state index is 0.134. The second-order valence-corrected chi connectivity index (χ2v) is 6.80. The molecule has 0 aliphatic heterocycles. The molecule has 1 aromatic heterocycles. The van der Waals surface area contributed by atoms with E-state index in [1.807, 2.05) is 66.1 Å². The third-order valence-electron chi connectivity index (χ3n) is 4.09. The second-order valence-electron chi connectivity index (χ2n) is 6.00. The predicted octanol–water partition coefficient (Wildman–Crippen LogP) is 4.06. The summed E-state index contributed by atoms with van der Waals surface area (Å²) in [5.41, 5.74) is 1.97. The van der Waals surface area contributed by atoms with Crippen molar-refractivity contribution < 1.29 is 4.79 Å². The fraction of sp³-hybridized carbons (Fsp3) is 0.211. The van der Waals surface area contributed by atoms with E-state index in [0.717, 1.165) is 11.1 Å². The maximum Gasteiger partial charge on any atom is 0.228 e. The number of rotatable bonds is 6. The van der Waals surface area contributed by atoms with Gasteiger partial charge in [0.05, 0.1) is 19.0 Å². The fourth-order valence-electron chi connectivity index (χ4n) is 2.75. The summed E-state index contributed by atoms with van der Waals surface area (Å²) in [6.45, 7) is 2.47. The third-order valence-corrected chi connectivity index (χ3v) is 4.74. The van der Waals surface area contributed by atoms with E-state index >= 15 is 0 Å². The van der Waals surface area contributed by atoms with E-state index in [2.05, 4.69) is 15.5 Å². The van der Waals surface area contributed by atoms with Gasteiger partial charge < -0.3 is 5.32 Å². The van der Waals surface area contributed by atoms with Crippen LogP contribution in [0.2, 0.25) is 5.02 Å². The van der Waals surface area contributed by atoms with Gasteiger partial charge in [0, 0.05) is 5.02 Å². The van der Waals surface area contributed by atoms with E-state index in [4.69, 9.17) is 23.8 Å². The van der Waals surface area contributed by atoms with Crippen LogP contribution >= 0.6 is 23.8 Å². The Morgan fingerprint density at radius 1 is 1.23 bits per heavy atom. The first kappa shape index (κ1) is 18.4. The quantitative estimate of drug-likeness (QED) is 0.628. The SMILES string of the molecule is C[C@@H](NC(=O)Cc1n[nH]c(=S)n1Cc1ccccc1)c1ccccc1Cl.